The van der Waals surface area contributed by atoms with Gasteiger partial charge in [-0.15, -0.1) is 0 Å². The molecule has 0 saturated heterocycles. The van der Waals surface area contributed by atoms with Gasteiger partial charge in [-0.25, -0.2) is 0 Å². The van der Waals surface area contributed by atoms with E-state index >= 15 is 0 Å². The summed E-state index contributed by atoms with van der Waals surface area (Å²) in [6, 6.07) is 6.31. The molecule has 0 bridgehead atoms. The molecule has 0 radical (unpaired) electrons. The number of nitrogens with one attached hydrogen (secondary N) is 1. The number of benzene rings is 1. The first-order valence-electron chi connectivity index (χ1n) is 7.96. The monoisotopic (exact) mass is 276 g/mol. The topological polar surface area (TPSA) is 35.5 Å². The third-order valence-corrected chi connectivity index (χ3v) is 4.44. The van der Waals surface area contributed by atoms with Crippen molar-refractivity contribution in [2.75, 3.05) is 24.5 Å². The molecule has 20 heavy (non-hydrogen) atoms. The van der Waals surface area contributed by atoms with Crippen LogP contribution in [-0.4, -0.2) is 24.7 Å². The first-order valence-corrected chi connectivity index (χ1v) is 7.96. The first kappa shape index (κ1) is 15.2. The molecule has 0 spiro atoms. The van der Waals surface area contributed by atoms with Crippen LogP contribution in [0.4, 0.5) is 5.69 Å². The molecular formula is C17H28N2O. The smallest absolute Gasteiger partial charge is 0.122 e. The van der Waals surface area contributed by atoms with Gasteiger partial charge < -0.3 is 15.3 Å². The lowest BCUT2D eigenvalue weighted by atomic mass is 9.85. The van der Waals surface area contributed by atoms with Crippen molar-refractivity contribution in [2.24, 2.45) is 5.92 Å². The molecular weight excluding hydrogens is 248 g/mol. The SMILES string of the molecule is CCNC(C)c1ccc(N(CC)CC2CCC2)cc1O. The van der Waals surface area contributed by atoms with Gasteiger partial charge in [0.1, 0.15) is 5.75 Å². The van der Waals surface area contributed by atoms with E-state index in [4.69, 9.17) is 0 Å². The van der Waals surface area contributed by atoms with E-state index in [1.807, 2.05) is 6.07 Å². The van der Waals surface area contributed by atoms with Gasteiger partial charge in [0.2, 0.25) is 0 Å². The van der Waals surface area contributed by atoms with Crippen LogP contribution in [0.3, 0.4) is 0 Å². The lowest BCUT2D eigenvalue weighted by molar-refractivity contribution is 0.318. The Morgan fingerprint density at radius 1 is 1.35 bits per heavy atom. The van der Waals surface area contributed by atoms with Crippen molar-refractivity contribution in [3.05, 3.63) is 23.8 Å². The minimum absolute atomic E-state index is 0.191. The Morgan fingerprint density at radius 2 is 2.10 bits per heavy atom. The molecule has 0 aliphatic heterocycles. The fraction of sp³-hybridized carbons (Fsp3) is 0.647. The second-order valence-electron chi connectivity index (χ2n) is 5.86. The number of nitrogens with zero attached hydrogens (tertiary/aromatic N) is 1. The Morgan fingerprint density at radius 3 is 2.60 bits per heavy atom. The predicted molar refractivity (Wildman–Crippen MR) is 85.4 cm³/mol. The summed E-state index contributed by atoms with van der Waals surface area (Å²) in [5.74, 6) is 1.25. The number of rotatable bonds is 7. The average molecular weight is 276 g/mol. The molecule has 1 aromatic rings. The van der Waals surface area contributed by atoms with Crippen molar-refractivity contribution in [1.29, 1.82) is 0 Å². The standard InChI is InChI=1S/C17H28N2O/c1-4-18-13(3)16-10-9-15(11-17(16)20)19(5-2)12-14-7-6-8-14/h9-11,13-14,18,20H,4-8,12H2,1-3H3. The van der Waals surface area contributed by atoms with Crippen LogP contribution in [0.1, 0.15) is 51.6 Å². The van der Waals surface area contributed by atoms with E-state index < -0.39 is 0 Å². The van der Waals surface area contributed by atoms with Gasteiger partial charge in [-0.2, -0.15) is 0 Å². The number of hydrogen-bond donors (Lipinski definition) is 2. The molecule has 1 atom stereocenters. The van der Waals surface area contributed by atoms with E-state index in [0.29, 0.717) is 5.75 Å². The Hall–Kier alpha value is -1.22. The summed E-state index contributed by atoms with van der Waals surface area (Å²) in [5.41, 5.74) is 2.12. The van der Waals surface area contributed by atoms with Crippen molar-refractivity contribution >= 4 is 5.69 Å². The maximum absolute atomic E-state index is 10.3. The van der Waals surface area contributed by atoms with E-state index in [2.05, 4.69) is 43.1 Å². The summed E-state index contributed by atoms with van der Waals surface area (Å²) in [6.07, 6.45) is 4.10. The third-order valence-electron chi connectivity index (χ3n) is 4.44. The van der Waals surface area contributed by atoms with Crippen LogP contribution in [0.2, 0.25) is 0 Å². The van der Waals surface area contributed by atoms with Crippen LogP contribution in [0.5, 0.6) is 5.75 Å². The predicted octanol–water partition coefficient (Wildman–Crippen LogP) is 3.69. The zero-order chi connectivity index (χ0) is 14.5. The van der Waals surface area contributed by atoms with Crippen molar-refractivity contribution in [3.63, 3.8) is 0 Å². The maximum Gasteiger partial charge on any atom is 0.122 e. The highest BCUT2D eigenvalue weighted by molar-refractivity contribution is 5.54. The van der Waals surface area contributed by atoms with E-state index in [1.165, 1.54) is 19.3 Å². The zero-order valence-corrected chi connectivity index (χ0v) is 13.0. The van der Waals surface area contributed by atoms with Gasteiger partial charge in [0.25, 0.3) is 0 Å². The largest absolute Gasteiger partial charge is 0.508 e. The van der Waals surface area contributed by atoms with Gasteiger partial charge in [0, 0.05) is 36.4 Å². The highest BCUT2D eigenvalue weighted by Crippen LogP contribution is 2.32. The molecule has 1 unspecified atom stereocenters. The van der Waals surface area contributed by atoms with Gasteiger partial charge in [-0.05, 0) is 45.2 Å². The summed E-state index contributed by atoms with van der Waals surface area (Å²) in [6.45, 7) is 9.38. The van der Waals surface area contributed by atoms with Crippen LogP contribution < -0.4 is 10.2 Å². The Labute approximate surface area is 123 Å². The second kappa shape index (κ2) is 6.98. The Kier molecular flexibility index (Phi) is 5.30. The summed E-state index contributed by atoms with van der Waals surface area (Å²) >= 11 is 0. The van der Waals surface area contributed by atoms with Crippen molar-refractivity contribution in [2.45, 2.75) is 46.1 Å². The fourth-order valence-electron chi connectivity index (χ4n) is 2.92. The number of hydrogen-bond acceptors (Lipinski definition) is 3. The summed E-state index contributed by atoms with van der Waals surface area (Å²) < 4.78 is 0. The molecule has 0 aromatic heterocycles. The fourth-order valence-corrected chi connectivity index (χ4v) is 2.92. The quantitative estimate of drug-likeness (QED) is 0.797. The minimum Gasteiger partial charge on any atom is -0.508 e. The number of phenolic OH excluding ortho intramolecular Hbond substituents is 1. The van der Waals surface area contributed by atoms with Gasteiger partial charge in [-0.1, -0.05) is 19.4 Å². The number of phenols is 1. The second-order valence-corrected chi connectivity index (χ2v) is 5.86. The molecule has 1 fully saturated rings. The molecule has 0 heterocycles. The lowest BCUT2D eigenvalue weighted by Crippen LogP contribution is -2.32. The molecule has 1 saturated carbocycles. The number of anilines is 1. The minimum atomic E-state index is 0.191. The van der Waals surface area contributed by atoms with Crippen molar-refractivity contribution < 1.29 is 5.11 Å². The van der Waals surface area contributed by atoms with Gasteiger partial charge in [0.15, 0.2) is 0 Å². The summed E-state index contributed by atoms with van der Waals surface area (Å²) in [4.78, 5) is 2.38. The van der Waals surface area contributed by atoms with Crippen molar-refractivity contribution in [3.8, 4) is 5.75 Å². The first-order chi connectivity index (χ1) is 9.65. The highest BCUT2D eigenvalue weighted by Gasteiger charge is 2.21. The third kappa shape index (κ3) is 3.45. The van der Waals surface area contributed by atoms with Gasteiger partial charge >= 0.3 is 0 Å². The van der Waals surface area contributed by atoms with E-state index in [9.17, 15) is 5.11 Å². The van der Waals surface area contributed by atoms with Gasteiger partial charge in [-0.3, -0.25) is 0 Å². The average Bonchev–Trinajstić information content (AvgIpc) is 2.38. The Balaban J connectivity index is 2.09. The molecule has 0 amide bonds. The number of aromatic hydroxyl groups is 1. The molecule has 1 aliphatic carbocycles. The molecule has 112 valence electrons. The molecule has 1 aromatic carbocycles. The van der Waals surface area contributed by atoms with Crippen LogP contribution in [0.25, 0.3) is 0 Å². The van der Waals surface area contributed by atoms with E-state index in [-0.39, 0.29) is 6.04 Å². The van der Waals surface area contributed by atoms with Crippen LogP contribution in [0.15, 0.2) is 18.2 Å². The molecule has 2 N–H and O–H groups in total. The summed E-state index contributed by atoms with van der Waals surface area (Å²) in [5, 5.41) is 13.6. The van der Waals surface area contributed by atoms with Crippen LogP contribution in [0, 0.1) is 5.92 Å². The maximum atomic E-state index is 10.3. The summed E-state index contributed by atoms with van der Waals surface area (Å²) in [7, 11) is 0. The zero-order valence-electron chi connectivity index (χ0n) is 13.0. The molecule has 2 rings (SSSR count). The lowest BCUT2D eigenvalue weighted by Gasteiger charge is -2.33. The van der Waals surface area contributed by atoms with E-state index in [1.54, 1.807) is 0 Å². The van der Waals surface area contributed by atoms with Crippen LogP contribution >= 0.6 is 0 Å². The van der Waals surface area contributed by atoms with E-state index in [0.717, 1.165) is 36.8 Å². The molecule has 3 heteroatoms. The van der Waals surface area contributed by atoms with Crippen LogP contribution in [-0.2, 0) is 0 Å². The van der Waals surface area contributed by atoms with Gasteiger partial charge in [0.05, 0.1) is 0 Å². The molecule has 3 nitrogen and oxygen atoms in total. The highest BCUT2D eigenvalue weighted by atomic mass is 16.3. The molecule has 1 aliphatic rings. The Bertz CT molecular complexity index is 429. The van der Waals surface area contributed by atoms with Crippen molar-refractivity contribution in [1.82, 2.24) is 5.32 Å². The normalized spacial score (nSPS) is 16.8.